The predicted molar refractivity (Wildman–Crippen MR) is 61.4 cm³/mol. The zero-order valence-corrected chi connectivity index (χ0v) is 10.6. The van der Waals surface area contributed by atoms with Gasteiger partial charge < -0.3 is 10.0 Å². The van der Waals surface area contributed by atoms with Gasteiger partial charge in [-0.05, 0) is 13.8 Å². The normalized spacial score (nSPS) is 27.5. The highest BCUT2D eigenvalue weighted by Gasteiger charge is 2.49. The highest BCUT2D eigenvalue weighted by molar-refractivity contribution is 5.93. The Balaban J connectivity index is 2.23. The number of H-pyrrole nitrogens is 1. The summed E-state index contributed by atoms with van der Waals surface area (Å²) in [6.07, 6.45) is 0. The number of aromatic nitrogens is 3. The van der Waals surface area contributed by atoms with Crippen LogP contribution in [0.15, 0.2) is 0 Å². The fourth-order valence-corrected chi connectivity index (χ4v) is 2.07. The summed E-state index contributed by atoms with van der Waals surface area (Å²) in [5.41, 5.74) is -0.279. The first-order valence-corrected chi connectivity index (χ1v) is 5.64. The summed E-state index contributed by atoms with van der Waals surface area (Å²) < 4.78 is 0. The molecule has 1 atom stereocenters. The van der Waals surface area contributed by atoms with Crippen LogP contribution >= 0.6 is 0 Å². The zero-order chi connectivity index (χ0) is 12.8. The van der Waals surface area contributed by atoms with E-state index in [2.05, 4.69) is 15.4 Å². The average Bonchev–Trinajstić information content (AvgIpc) is 2.68. The summed E-state index contributed by atoms with van der Waals surface area (Å²) in [4.78, 5) is 13.8. The van der Waals surface area contributed by atoms with Crippen molar-refractivity contribution in [3.05, 3.63) is 11.4 Å². The second-order valence-corrected chi connectivity index (χ2v) is 5.58. The molecule has 0 aromatic carbocycles. The molecular weight excluding hydrogens is 220 g/mol. The van der Waals surface area contributed by atoms with Gasteiger partial charge in [0.1, 0.15) is 0 Å². The van der Waals surface area contributed by atoms with Crippen molar-refractivity contribution >= 4 is 5.91 Å². The van der Waals surface area contributed by atoms with Crippen LogP contribution in [0.1, 0.15) is 37.0 Å². The monoisotopic (exact) mass is 238 g/mol. The van der Waals surface area contributed by atoms with Crippen molar-refractivity contribution in [2.75, 3.05) is 13.1 Å². The average molecular weight is 238 g/mol. The standard InChI is InChI=1S/C11H18N4O2/c1-7-8(13-14-12-7)9(16)15-5-10(2,3)11(4,17)6-15/h17H,5-6H2,1-4H3,(H,12,13,14)/t11-/m0/s1. The van der Waals surface area contributed by atoms with Crippen LogP contribution < -0.4 is 0 Å². The van der Waals surface area contributed by atoms with Crippen LogP contribution in [-0.2, 0) is 0 Å². The minimum absolute atomic E-state index is 0.179. The molecule has 1 aliphatic rings. The van der Waals surface area contributed by atoms with Crippen LogP contribution in [0.25, 0.3) is 0 Å². The van der Waals surface area contributed by atoms with Crippen molar-refractivity contribution in [1.29, 1.82) is 0 Å². The van der Waals surface area contributed by atoms with E-state index in [1.54, 1.807) is 18.7 Å². The molecule has 1 aromatic rings. The SMILES string of the molecule is Cc1n[nH]nc1C(=O)N1CC(C)(C)[C@@](C)(O)C1. The summed E-state index contributed by atoms with van der Waals surface area (Å²) in [6, 6.07) is 0. The van der Waals surface area contributed by atoms with Gasteiger partial charge >= 0.3 is 0 Å². The molecule has 1 aromatic heterocycles. The highest BCUT2D eigenvalue weighted by atomic mass is 16.3. The van der Waals surface area contributed by atoms with Gasteiger partial charge in [-0.15, -0.1) is 0 Å². The maximum Gasteiger partial charge on any atom is 0.276 e. The molecule has 6 nitrogen and oxygen atoms in total. The number of hydrogen-bond donors (Lipinski definition) is 2. The third kappa shape index (κ3) is 1.82. The van der Waals surface area contributed by atoms with E-state index >= 15 is 0 Å². The summed E-state index contributed by atoms with van der Waals surface area (Å²) in [6.45, 7) is 8.24. The van der Waals surface area contributed by atoms with E-state index in [1.807, 2.05) is 13.8 Å². The molecule has 1 amide bonds. The van der Waals surface area contributed by atoms with Gasteiger partial charge in [0, 0.05) is 12.0 Å². The van der Waals surface area contributed by atoms with Crippen LogP contribution in [0.3, 0.4) is 0 Å². The first kappa shape index (κ1) is 12.0. The fourth-order valence-electron chi connectivity index (χ4n) is 2.07. The van der Waals surface area contributed by atoms with Crippen molar-refractivity contribution in [1.82, 2.24) is 20.3 Å². The van der Waals surface area contributed by atoms with Gasteiger partial charge in [0.2, 0.25) is 0 Å². The lowest BCUT2D eigenvalue weighted by Gasteiger charge is -2.30. The van der Waals surface area contributed by atoms with Crippen LogP contribution in [0, 0.1) is 12.3 Å². The minimum Gasteiger partial charge on any atom is -0.388 e. The fraction of sp³-hybridized carbons (Fsp3) is 0.727. The number of aliphatic hydroxyl groups is 1. The Morgan fingerprint density at radius 2 is 2.00 bits per heavy atom. The van der Waals surface area contributed by atoms with Crippen LogP contribution in [0.4, 0.5) is 0 Å². The molecule has 1 saturated heterocycles. The van der Waals surface area contributed by atoms with Crippen LogP contribution in [0.5, 0.6) is 0 Å². The van der Waals surface area contributed by atoms with Crippen molar-refractivity contribution in [3.8, 4) is 0 Å². The van der Waals surface area contributed by atoms with Gasteiger partial charge in [-0.1, -0.05) is 13.8 Å². The number of aryl methyl sites for hydroxylation is 1. The zero-order valence-electron chi connectivity index (χ0n) is 10.6. The topological polar surface area (TPSA) is 82.1 Å². The Bertz CT molecular complexity index is 434. The number of likely N-dealkylation sites (tertiary alicyclic amines) is 1. The van der Waals surface area contributed by atoms with E-state index in [4.69, 9.17) is 0 Å². The first-order chi connectivity index (χ1) is 7.74. The minimum atomic E-state index is -0.875. The number of amides is 1. The van der Waals surface area contributed by atoms with E-state index in [0.29, 0.717) is 24.5 Å². The molecule has 6 heteroatoms. The molecule has 2 N–H and O–H groups in total. The van der Waals surface area contributed by atoms with E-state index in [-0.39, 0.29) is 11.3 Å². The maximum atomic E-state index is 12.2. The van der Waals surface area contributed by atoms with Gasteiger partial charge in [-0.2, -0.15) is 15.4 Å². The van der Waals surface area contributed by atoms with Crippen molar-refractivity contribution in [3.63, 3.8) is 0 Å². The van der Waals surface area contributed by atoms with E-state index in [0.717, 1.165) is 0 Å². The second-order valence-electron chi connectivity index (χ2n) is 5.58. The lowest BCUT2D eigenvalue weighted by molar-refractivity contribution is -0.0108. The van der Waals surface area contributed by atoms with E-state index < -0.39 is 5.60 Å². The van der Waals surface area contributed by atoms with Crippen molar-refractivity contribution < 1.29 is 9.90 Å². The molecule has 0 bridgehead atoms. The first-order valence-electron chi connectivity index (χ1n) is 5.64. The quantitative estimate of drug-likeness (QED) is 0.739. The molecule has 1 aliphatic heterocycles. The maximum absolute atomic E-state index is 12.2. The number of nitrogens with one attached hydrogen (secondary N) is 1. The van der Waals surface area contributed by atoms with Crippen molar-refractivity contribution in [2.45, 2.75) is 33.3 Å². The molecule has 0 aliphatic carbocycles. The number of carbonyl (C=O) groups is 1. The van der Waals surface area contributed by atoms with E-state index in [9.17, 15) is 9.90 Å². The Labute approximate surface area is 100 Å². The molecule has 0 saturated carbocycles. The number of carbonyl (C=O) groups excluding carboxylic acids is 1. The van der Waals surface area contributed by atoms with Crippen LogP contribution in [0.2, 0.25) is 0 Å². The Morgan fingerprint density at radius 3 is 2.41 bits per heavy atom. The molecule has 1 fully saturated rings. The Morgan fingerprint density at radius 1 is 1.35 bits per heavy atom. The lowest BCUT2D eigenvalue weighted by atomic mass is 9.79. The lowest BCUT2D eigenvalue weighted by Crippen LogP contribution is -2.40. The van der Waals surface area contributed by atoms with Gasteiger partial charge in [0.05, 0.1) is 17.8 Å². The summed E-state index contributed by atoms with van der Waals surface area (Å²) in [5.74, 6) is -0.179. The largest absolute Gasteiger partial charge is 0.388 e. The molecule has 0 radical (unpaired) electrons. The smallest absolute Gasteiger partial charge is 0.276 e. The molecule has 17 heavy (non-hydrogen) atoms. The van der Waals surface area contributed by atoms with Gasteiger partial charge in [0.25, 0.3) is 5.91 Å². The Hall–Kier alpha value is -1.43. The molecular formula is C11H18N4O2. The predicted octanol–water partition coefficient (Wildman–Crippen LogP) is 0.346. The number of hydrogen-bond acceptors (Lipinski definition) is 4. The van der Waals surface area contributed by atoms with Gasteiger partial charge in [0.15, 0.2) is 5.69 Å². The third-order valence-electron chi connectivity index (χ3n) is 3.75. The molecule has 0 spiro atoms. The van der Waals surface area contributed by atoms with Gasteiger partial charge in [-0.25, -0.2) is 0 Å². The number of β-amino-alcohol motifs (C(OH)–C–C–N with tert-alkyl or cyclic N) is 1. The van der Waals surface area contributed by atoms with E-state index in [1.165, 1.54) is 0 Å². The summed E-state index contributed by atoms with van der Waals surface area (Å²) >= 11 is 0. The van der Waals surface area contributed by atoms with Crippen LogP contribution in [-0.4, -0.2) is 50.0 Å². The van der Waals surface area contributed by atoms with Gasteiger partial charge in [-0.3, -0.25) is 4.79 Å². The third-order valence-corrected chi connectivity index (χ3v) is 3.75. The Kier molecular flexibility index (Phi) is 2.50. The number of aromatic amines is 1. The van der Waals surface area contributed by atoms with Crippen molar-refractivity contribution in [2.24, 2.45) is 5.41 Å². The molecule has 0 unspecified atom stereocenters. The second kappa shape index (κ2) is 3.53. The highest BCUT2D eigenvalue weighted by Crippen LogP contribution is 2.38. The summed E-state index contributed by atoms with van der Waals surface area (Å²) in [7, 11) is 0. The molecule has 2 rings (SSSR count). The summed E-state index contributed by atoms with van der Waals surface area (Å²) in [5, 5.41) is 20.4. The number of nitrogens with zero attached hydrogens (tertiary/aromatic N) is 3. The molecule has 94 valence electrons. The number of rotatable bonds is 1. The molecule has 2 heterocycles.